The second-order valence-corrected chi connectivity index (χ2v) is 8.67. The second-order valence-electron chi connectivity index (χ2n) is 8.27. The summed E-state index contributed by atoms with van der Waals surface area (Å²) in [6.07, 6.45) is 1.79. The van der Waals surface area contributed by atoms with Gasteiger partial charge in [0.25, 0.3) is 5.91 Å². The first-order valence-electron chi connectivity index (χ1n) is 11.5. The number of carbonyl (C=O) groups excluding carboxylic acids is 2. The van der Waals surface area contributed by atoms with Crippen LogP contribution >= 0.6 is 11.6 Å². The van der Waals surface area contributed by atoms with Gasteiger partial charge in [-0.15, -0.1) is 0 Å². The molecule has 8 nitrogen and oxygen atoms in total. The Morgan fingerprint density at radius 1 is 1.14 bits per heavy atom. The molecule has 1 aromatic heterocycles. The maximum atomic E-state index is 13.3. The normalized spacial score (nSPS) is 13.3. The van der Waals surface area contributed by atoms with Gasteiger partial charge >= 0.3 is 5.97 Å². The summed E-state index contributed by atoms with van der Waals surface area (Å²) in [5, 5.41) is 3.72. The van der Waals surface area contributed by atoms with Gasteiger partial charge in [0.15, 0.2) is 6.61 Å². The minimum atomic E-state index is -0.548. The minimum Gasteiger partial charge on any atom is -0.495 e. The van der Waals surface area contributed by atoms with Crippen molar-refractivity contribution in [1.82, 2.24) is 9.88 Å². The molecule has 0 radical (unpaired) electrons. The average Bonchev–Trinajstić information content (AvgIpc) is 2.86. The predicted molar refractivity (Wildman–Crippen MR) is 134 cm³/mol. The van der Waals surface area contributed by atoms with Crippen LogP contribution in [0, 0.1) is 0 Å². The number of aromatic nitrogens is 1. The molecular formula is C26H28ClN3O5. The summed E-state index contributed by atoms with van der Waals surface area (Å²) in [6, 6.07) is 10.6. The highest BCUT2D eigenvalue weighted by Crippen LogP contribution is 2.36. The zero-order valence-corrected chi connectivity index (χ0v) is 20.8. The molecule has 35 heavy (non-hydrogen) atoms. The van der Waals surface area contributed by atoms with E-state index in [9.17, 15) is 9.59 Å². The topological polar surface area (TPSA) is 90.0 Å². The van der Waals surface area contributed by atoms with E-state index in [2.05, 4.69) is 17.1 Å². The third kappa shape index (κ3) is 5.33. The zero-order valence-electron chi connectivity index (χ0n) is 20.0. The lowest BCUT2D eigenvalue weighted by atomic mass is 9.95. The summed E-state index contributed by atoms with van der Waals surface area (Å²) >= 11 is 6.18. The molecular weight excluding hydrogens is 470 g/mol. The average molecular weight is 498 g/mol. The van der Waals surface area contributed by atoms with Gasteiger partial charge in [-0.2, -0.15) is 0 Å². The molecule has 0 fully saturated rings. The lowest BCUT2D eigenvalue weighted by molar-refractivity contribution is -0.119. The first kappa shape index (κ1) is 24.8. The number of para-hydroxylation sites is 1. The lowest BCUT2D eigenvalue weighted by Crippen LogP contribution is -2.33. The molecule has 0 aliphatic carbocycles. The maximum absolute atomic E-state index is 13.3. The second kappa shape index (κ2) is 10.9. The van der Waals surface area contributed by atoms with E-state index in [0.717, 1.165) is 48.1 Å². The van der Waals surface area contributed by atoms with Gasteiger partial charge in [-0.3, -0.25) is 14.7 Å². The smallest absolute Gasteiger partial charge is 0.339 e. The van der Waals surface area contributed by atoms with Crippen molar-refractivity contribution in [2.75, 3.05) is 39.2 Å². The van der Waals surface area contributed by atoms with E-state index in [1.807, 2.05) is 24.3 Å². The zero-order chi connectivity index (χ0) is 24.9. The van der Waals surface area contributed by atoms with Crippen molar-refractivity contribution in [2.24, 2.45) is 0 Å². The molecule has 1 amide bonds. The molecule has 0 saturated heterocycles. The Bertz CT molecular complexity index is 1260. The molecule has 3 aromatic rings. The fraction of sp³-hybridized carbons (Fsp3) is 0.346. The number of esters is 1. The van der Waals surface area contributed by atoms with Crippen LogP contribution in [0.2, 0.25) is 5.02 Å². The number of methoxy groups -OCH3 is 2. The van der Waals surface area contributed by atoms with Crippen molar-refractivity contribution in [3.63, 3.8) is 0 Å². The molecule has 0 spiro atoms. The van der Waals surface area contributed by atoms with E-state index in [4.69, 9.17) is 30.8 Å². The summed E-state index contributed by atoms with van der Waals surface area (Å²) < 4.78 is 16.0. The van der Waals surface area contributed by atoms with Crippen LogP contribution in [-0.4, -0.2) is 55.7 Å². The van der Waals surface area contributed by atoms with Gasteiger partial charge in [0.2, 0.25) is 0 Å². The number of hydrogen-bond donors (Lipinski definition) is 1. The summed E-state index contributed by atoms with van der Waals surface area (Å²) in [6.45, 7) is 4.13. The van der Waals surface area contributed by atoms with Crippen LogP contribution in [0.15, 0.2) is 36.4 Å². The lowest BCUT2D eigenvalue weighted by Gasteiger charge is -2.29. The van der Waals surface area contributed by atoms with E-state index < -0.39 is 18.5 Å². The molecule has 0 atom stereocenters. The number of nitrogens with one attached hydrogen (secondary N) is 1. The number of hydrogen-bond acceptors (Lipinski definition) is 7. The third-order valence-corrected chi connectivity index (χ3v) is 6.25. The van der Waals surface area contributed by atoms with Gasteiger partial charge in [-0.25, -0.2) is 4.79 Å². The first-order chi connectivity index (χ1) is 16.9. The van der Waals surface area contributed by atoms with Gasteiger partial charge in [-0.1, -0.05) is 36.7 Å². The van der Waals surface area contributed by atoms with Crippen LogP contribution in [0.25, 0.3) is 10.9 Å². The Kier molecular flexibility index (Phi) is 7.73. The number of rotatable bonds is 8. The molecule has 1 N–H and O–H groups in total. The maximum Gasteiger partial charge on any atom is 0.339 e. The molecule has 2 heterocycles. The van der Waals surface area contributed by atoms with Crippen molar-refractivity contribution in [3.8, 4) is 11.5 Å². The van der Waals surface area contributed by atoms with Crippen molar-refractivity contribution in [1.29, 1.82) is 0 Å². The Morgan fingerprint density at radius 2 is 1.91 bits per heavy atom. The van der Waals surface area contributed by atoms with E-state index in [0.29, 0.717) is 34.3 Å². The van der Waals surface area contributed by atoms with E-state index in [-0.39, 0.29) is 0 Å². The Morgan fingerprint density at radius 3 is 2.66 bits per heavy atom. The van der Waals surface area contributed by atoms with Crippen molar-refractivity contribution >= 4 is 40.1 Å². The number of amides is 1. The minimum absolute atomic E-state index is 0.312. The van der Waals surface area contributed by atoms with Gasteiger partial charge in [0, 0.05) is 42.2 Å². The summed E-state index contributed by atoms with van der Waals surface area (Å²) in [7, 11) is 2.96. The predicted octanol–water partition coefficient (Wildman–Crippen LogP) is 4.47. The number of halogens is 1. The number of pyridine rings is 1. The molecule has 2 aromatic carbocycles. The molecule has 1 aliphatic heterocycles. The highest BCUT2D eigenvalue weighted by Gasteiger charge is 2.27. The van der Waals surface area contributed by atoms with Crippen LogP contribution in [0.4, 0.5) is 5.69 Å². The summed E-state index contributed by atoms with van der Waals surface area (Å²) in [5.41, 5.74) is 3.34. The highest BCUT2D eigenvalue weighted by atomic mass is 35.5. The van der Waals surface area contributed by atoms with Gasteiger partial charge < -0.3 is 19.5 Å². The fourth-order valence-electron chi connectivity index (χ4n) is 4.33. The number of fused-ring (bicyclic) bond motifs is 2. The number of ether oxygens (including phenoxy) is 3. The number of benzene rings is 2. The molecule has 4 rings (SSSR count). The summed E-state index contributed by atoms with van der Waals surface area (Å²) in [4.78, 5) is 33.0. The van der Waals surface area contributed by atoms with E-state index in [1.54, 1.807) is 6.07 Å². The quantitative estimate of drug-likeness (QED) is 0.459. The van der Waals surface area contributed by atoms with Crippen LogP contribution in [0.1, 0.15) is 35.0 Å². The largest absolute Gasteiger partial charge is 0.495 e. The van der Waals surface area contributed by atoms with Crippen molar-refractivity contribution < 1.29 is 23.8 Å². The van der Waals surface area contributed by atoms with Crippen LogP contribution in [-0.2, 0) is 22.5 Å². The third-order valence-electron chi connectivity index (χ3n) is 5.95. The molecule has 0 unspecified atom stereocenters. The Labute approximate surface area is 209 Å². The number of carbonyl (C=O) groups is 2. The van der Waals surface area contributed by atoms with Crippen molar-refractivity contribution in [2.45, 2.75) is 26.3 Å². The number of anilines is 1. The fourth-order valence-corrected chi connectivity index (χ4v) is 4.57. The molecule has 184 valence electrons. The van der Waals surface area contributed by atoms with Crippen LogP contribution in [0.5, 0.6) is 11.5 Å². The van der Waals surface area contributed by atoms with Gasteiger partial charge in [0.05, 0.1) is 36.0 Å². The molecule has 0 saturated carbocycles. The van der Waals surface area contributed by atoms with Crippen LogP contribution in [0.3, 0.4) is 0 Å². The van der Waals surface area contributed by atoms with Crippen molar-refractivity contribution in [3.05, 3.63) is 58.2 Å². The standard InChI is InChI=1S/C26H28ClN3O5/c1-4-10-30-11-9-20-17(14-30)25(16-7-5-6-8-19(16)28-20)26(32)35-15-24(31)29-21-12-18(27)22(33-2)13-23(21)34-3/h5-8,12-13H,4,9-11,14-15H2,1-3H3,(H,29,31). The van der Waals surface area contributed by atoms with Crippen LogP contribution < -0.4 is 14.8 Å². The Balaban J connectivity index is 1.55. The Hall–Kier alpha value is -3.36. The molecule has 9 heteroatoms. The SMILES string of the molecule is CCCN1CCc2nc3ccccc3c(C(=O)OCC(=O)Nc3cc(Cl)c(OC)cc3OC)c2C1. The van der Waals surface area contributed by atoms with E-state index in [1.165, 1.54) is 20.3 Å². The first-order valence-corrected chi connectivity index (χ1v) is 11.8. The molecule has 1 aliphatic rings. The molecule has 0 bridgehead atoms. The van der Waals surface area contributed by atoms with Gasteiger partial charge in [-0.05, 0) is 25.1 Å². The van der Waals surface area contributed by atoms with Gasteiger partial charge in [0.1, 0.15) is 11.5 Å². The highest BCUT2D eigenvalue weighted by molar-refractivity contribution is 6.32. The summed E-state index contributed by atoms with van der Waals surface area (Å²) in [5.74, 6) is -0.277. The monoisotopic (exact) mass is 497 g/mol. The van der Waals surface area contributed by atoms with E-state index >= 15 is 0 Å². The number of nitrogens with zero attached hydrogens (tertiary/aromatic N) is 2.